The van der Waals surface area contributed by atoms with Gasteiger partial charge in [0.05, 0.1) is 12.8 Å². The predicted octanol–water partition coefficient (Wildman–Crippen LogP) is 5.22. The fourth-order valence-electron chi connectivity index (χ4n) is 1.90. The molecule has 2 aromatic carbocycles. The van der Waals surface area contributed by atoms with Crippen LogP contribution in [0.25, 0.3) is 11.3 Å². The lowest BCUT2D eigenvalue weighted by Gasteiger charge is -2.03. The number of aromatic nitrogens is 1. The molecule has 0 spiro atoms. The number of ether oxygens (including phenoxy) is 1. The number of anilines is 2. The molecule has 0 fully saturated rings. The second kappa shape index (κ2) is 6.16. The quantitative estimate of drug-likeness (QED) is 0.717. The third-order valence-corrected chi connectivity index (χ3v) is 3.97. The molecule has 5 heteroatoms. The van der Waals surface area contributed by atoms with Crippen LogP contribution in [0.5, 0.6) is 5.75 Å². The molecule has 3 nitrogen and oxygen atoms in total. The van der Waals surface area contributed by atoms with Crippen molar-refractivity contribution in [1.29, 1.82) is 0 Å². The highest BCUT2D eigenvalue weighted by Crippen LogP contribution is 2.29. The average Bonchev–Trinajstić information content (AvgIpc) is 2.98. The van der Waals surface area contributed by atoms with E-state index in [2.05, 4.69) is 10.3 Å². The Bertz CT molecular complexity index is 740. The zero-order chi connectivity index (χ0) is 14.7. The van der Waals surface area contributed by atoms with Crippen LogP contribution < -0.4 is 10.1 Å². The van der Waals surface area contributed by atoms with Gasteiger partial charge in [-0.25, -0.2) is 4.98 Å². The smallest absolute Gasteiger partial charge is 0.187 e. The second-order valence-electron chi connectivity index (χ2n) is 4.40. The standard InChI is InChI=1S/C16H13ClN2OS/c1-20-14-4-2-3-11(9-14)15-10-21-16(19-15)18-13-7-5-12(17)6-8-13/h2-10H,1H3,(H,18,19). The highest BCUT2D eigenvalue weighted by atomic mass is 35.5. The molecule has 0 bridgehead atoms. The molecule has 1 heterocycles. The van der Waals surface area contributed by atoms with Crippen molar-refractivity contribution in [1.82, 2.24) is 4.98 Å². The van der Waals surface area contributed by atoms with Crippen LogP contribution in [-0.4, -0.2) is 12.1 Å². The van der Waals surface area contributed by atoms with Crippen molar-refractivity contribution in [2.45, 2.75) is 0 Å². The Morgan fingerprint density at radius 2 is 1.95 bits per heavy atom. The third kappa shape index (κ3) is 3.35. The third-order valence-electron chi connectivity index (χ3n) is 2.97. The van der Waals surface area contributed by atoms with E-state index < -0.39 is 0 Å². The SMILES string of the molecule is COc1cccc(-c2csc(Nc3ccc(Cl)cc3)n2)c1. The maximum atomic E-state index is 5.87. The molecule has 21 heavy (non-hydrogen) atoms. The van der Waals surface area contributed by atoms with Crippen LogP contribution >= 0.6 is 22.9 Å². The van der Waals surface area contributed by atoms with Crippen LogP contribution in [0, 0.1) is 0 Å². The fourth-order valence-corrected chi connectivity index (χ4v) is 2.77. The van der Waals surface area contributed by atoms with E-state index in [9.17, 15) is 0 Å². The molecule has 0 aliphatic rings. The number of thiazole rings is 1. The summed E-state index contributed by atoms with van der Waals surface area (Å²) < 4.78 is 5.24. The Labute approximate surface area is 132 Å². The first kappa shape index (κ1) is 13.9. The van der Waals surface area contributed by atoms with Gasteiger partial charge in [0.1, 0.15) is 5.75 Å². The summed E-state index contributed by atoms with van der Waals surface area (Å²) in [5.74, 6) is 0.827. The van der Waals surface area contributed by atoms with Gasteiger partial charge >= 0.3 is 0 Å². The molecule has 1 N–H and O–H groups in total. The van der Waals surface area contributed by atoms with Crippen LogP contribution in [0.15, 0.2) is 53.9 Å². The number of nitrogens with one attached hydrogen (secondary N) is 1. The molecule has 0 amide bonds. The van der Waals surface area contributed by atoms with Gasteiger partial charge in [-0.2, -0.15) is 0 Å². The lowest BCUT2D eigenvalue weighted by molar-refractivity contribution is 0.415. The molecule has 0 atom stereocenters. The minimum absolute atomic E-state index is 0.719. The van der Waals surface area contributed by atoms with E-state index in [4.69, 9.17) is 16.3 Å². The van der Waals surface area contributed by atoms with E-state index in [0.717, 1.165) is 32.8 Å². The number of benzene rings is 2. The van der Waals surface area contributed by atoms with Crippen LogP contribution in [0.1, 0.15) is 0 Å². The molecular formula is C16H13ClN2OS. The number of methoxy groups -OCH3 is 1. The molecule has 0 saturated heterocycles. The first-order valence-corrected chi connectivity index (χ1v) is 7.63. The summed E-state index contributed by atoms with van der Waals surface area (Å²) in [4.78, 5) is 4.59. The van der Waals surface area contributed by atoms with Gasteiger partial charge in [-0.15, -0.1) is 11.3 Å². The first-order valence-electron chi connectivity index (χ1n) is 6.37. The summed E-state index contributed by atoms with van der Waals surface area (Å²) in [6.45, 7) is 0. The zero-order valence-electron chi connectivity index (χ0n) is 11.3. The van der Waals surface area contributed by atoms with Gasteiger partial charge in [0, 0.05) is 21.7 Å². The number of hydrogen-bond acceptors (Lipinski definition) is 4. The number of rotatable bonds is 4. The largest absolute Gasteiger partial charge is 0.497 e. The lowest BCUT2D eigenvalue weighted by Crippen LogP contribution is -1.89. The number of halogens is 1. The summed E-state index contributed by atoms with van der Waals surface area (Å²) in [6.07, 6.45) is 0. The Morgan fingerprint density at radius 3 is 2.71 bits per heavy atom. The molecule has 1 aromatic heterocycles. The van der Waals surface area contributed by atoms with Gasteiger partial charge in [-0.05, 0) is 36.4 Å². The van der Waals surface area contributed by atoms with E-state index in [1.165, 1.54) is 0 Å². The summed E-state index contributed by atoms with van der Waals surface area (Å²) in [5.41, 5.74) is 2.93. The van der Waals surface area contributed by atoms with Crippen molar-refractivity contribution in [3.8, 4) is 17.0 Å². The van der Waals surface area contributed by atoms with Gasteiger partial charge in [0.15, 0.2) is 5.13 Å². The lowest BCUT2D eigenvalue weighted by atomic mass is 10.2. The molecule has 106 valence electrons. The van der Waals surface area contributed by atoms with E-state index in [0.29, 0.717) is 0 Å². The summed E-state index contributed by atoms with van der Waals surface area (Å²) in [7, 11) is 1.66. The maximum absolute atomic E-state index is 5.87. The number of nitrogens with zero attached hydrogens (tertiary/aromatic N) is 1. The van der Waals surface area contributed by atoms with Crippen molar-refractivity contribution in [3.63, 3.8) is 0 Å². The van der Waals surface area contributed by atoms with Crippen LogP contribution in [0.2, 0.25) is 5.02 Å². The van der Waals surface area contributed by atoms with Crippen LogP contribution in [0.3, 0.4) is 0 Å². The predicted molar refractivity (Wildman–Crippen MR) is 88.8 cm³/mol. The molecule has 0 radical (unpaired) electrons. The van der Waals surface area contributed by atoms with Crippen LogP contribution in [0.4, 0.5) is 10.8 Å². The highest BCUT2D eigenvalue weighted by Gasteiger charge is 2.06. The topological polar surface area (TPSA) is 34.1 Å². The van der Waals surface area contributed by atoms with Crippen LogP contribution in [-0.2, 0) is 0 Å². The average molecular weight is 317 g/mol. The Balaban J connectivity index is 1.81. The van der Waals surface area contributed by atoms with Gasteiger partial charge in [0.2, 0.25) is 0 Å². The Morgan fingerprint density at radius 1 is 1.14 bits per heavy atom. The Hall–Kier alpha value is -2.04. The highest BCUT2D eigenvalue weighted by molar-refractivity contribution is 7.14. The van der Waals surface area contributed by atoms with Gasteiger partial charge in [-0.3, -0.25) is 0 Å². The monoisotopic (exact) mass is 316 g/mol. The molecule has 0 saturated carbocycles. The minimum Gasteiger partial charge on any atom is -0.497 e. The first-order chi connectivity index (χ1) is 10.2. The molecule has 0 aliphatic carbocycles. The maximum Gasteiger partial charge on any atom is 0.187 e. The van der Waals surface area contributed by atoms with Crippen molar-refractivity contribution in [2.24, 2.45) is 0 Å². The summed E-state index contributed by atoms with van der Waals surface area (Å²) >= 11 is 7.44. The normalized spacial score (nSPS) is 10.4. The Kier molecular flexibility index (Phi) is 4.08. The van der Waals surface area contributed by atoms with Gasteiger partial charge in [-0.1, -0.05) is 23.7 Å². The zero-order valence-corrected chi connectivity index (χ0v) is 12.9. The molecule has 3 aromatic rings. The van der Waals surface area contributed by atoms with Crippen molar-refractivity contribution >= 4 is 33.8 Å². The van der Waals surface area contributed by atoms with Crippen molar-refractivity contribution in [2.75, 3.05) is 12.4 Å². The second-order valence-corrected chi connectivity index (χ2v) is 5.70. The van der Waals surface area contributed by atoms with E-state index in [1.54, 1.807) is 18.4 Å². The molecule has 0 unspecified atom stereocenters. The minimum atomic E-state index is 0.719. The van der Waals surface area contributed by atoms with Crippen molar-refractivity contribution < 1.29 is 4.74 Å². The van der Waals surface area contributed by atoms with E-state index in [-0.39, 0.29) is 0 Å². The molecular weight excluding hydrogens is 304 g/mol. The summed E-state index contributed by atoms with van der Waals surface area (Å²) in [5, 5.41) is 6.85. The van der Waals surface area contributed by atoms with Gasteiger partial charge < -0.3 is 10.1 Å². The molecule has 0 aliphatic heterocycles. The van der Waals surface area contributed by atoms with Crippen molar-refractivity contribution in [3.05, 3.63) is 58.9 Å². The number of hydrogen-bond donors (Lipinski definition) is 1. The fraction of sp³-hybridized carbons (Fsp3) is 0.0625. The van der Waals surface area contributed by atoms with E-state index >= 15 is 0 Å². The van der Waals surface area contributed by atoms with E-state index in [1.807, 2.05) is 53.9 Å². The molecule has 3 rings (SSSR count). The summed E-state index contributed by atoms with van der Waals surface area (Å²) in [6, 6.07) is 15.4. The van der Waals surface area contributed by atoms with Gasteiger partial charge in [0.25, 0.3) is 0 Å².